The smallest absolute Gasteiger partial charge is 0.0897 e. The Morgan fingerprint density at radius 3 is 2.95 bits per heavy atom. The quantitative estimate of drug-likeness (QED) is 0.675. The number of hydrogen-bond donors (Lipinski definition) is 2. The van der Waals surface area contributed by atoms with Gasteiger partial charge >= 0.3 is 0 Å². The molecule has 0 spiro atoms. The number of benzene rings is 1. The summed E-state index contributed by atoms with van der Waals surface area (Å²) in [7, 11) is 0. The van der Waals surface area contributed by atoms with Crippen molar-refractivity contribution in [1.82, 2.24) is 5.32 Å². The second-order valence-corrected chi connectivity index (χ2v) is 5.12. The molecular weight excluding hydrogens is 254 g/mol. The molecule has 0 aliphatic heterocycles. The highest BCUT2D eigenvalue weighted by Crippen LogP contribution is 2.30. The summed E-state index contributed by atoms with van der Waals surface area (Å²) in [5, 5.41) is 13.3. The van der Waals surface area contributed by atoms with E-state index in [1.54, 1.807) is 0 Å². The van der Waals surface area contributed by atoms with Crippen molar-refractivity contribution in [1.29, 1.82) is 0 Å². The zero-order valence-electron chi connectivity index (χ0n) is 12.2. The highest BCUT2D eigenvalue weighted by atomic mass is 16.5. The zero-order chi connectivity index (χ0) is 14.2. The van der Waals surface area contributed by atoms with Gasteiger partial charge in [0.05, 0.1) is 25.9 Å². The minimum atomic E-state index is -0.468. The van der Waals surface area contributed by atoms with Crippen LogP contribution in [0.1, 0.15) is 30.5 Å². The third kappa shape index (κ3) is 4.56. The van der Waals surface area contributed by atoms with Gasteiger partial charge in [0, 0.05) is 19.2 Å². The van der Waals surface area contributed by atoms with Gasteiger partial charge < -0.3 is 19.9 Å². The van der Waals surface area contributed by atoms with Gasteiger partial charge in [-0.05, 0) is 30.9 Å². The molecule has 0 saturated carbocycles. The lowest BCUT2D eigenvalue weighted by Crippen LogP contribution is -2.32. The topological polar surface area (TPSA) is 50.7 Å². The lowest BCUT2D eigenvalue weighted by molar-refractivity contribution is 0.00572. The van der Waals surface area contributed by atoms with Gasteiger partial charge in [-0.1, -0.05) is 24.3 Å². The Bertz CT molecular complexity index is 397. The average Bonchev–Trinajstić information content (AvgIpc) is 2.88. The predicted molar refractivity (Wildman–Crippen MR) is 78.8 cm³/mol. The van der Waals surface area contributed by atoms with Crippen LogP contribution in [0.2, 0.25) is 0 Å². The minimum absolute atomic E-state index is 0.356. The minimum Gasteiger partial charge on any atom is -0.389 e. The number of fused-ring (bicyclic) bond motifs is 1. The lowest BCUT2D eigenvalue weighted by Gasteiger charge is -2.17. The maximum absolute atomic E-state index is 9.89. The summed E-state index contributed by atoms with van der Waals surface area (Å²) in [4.78, 5) is 0. The Morgan fingerprint density at radius 2 is 2.10 bits per heavy atom. The number of nitrogens with one attached hydrogen (secondary N) is 1. The molecule has 0 fully saturated rings. The molecule has 0 bridgehead atoms. The summed E-state index contributed by atoms with van der Waals surface area (Å²) in [5.41, 5.74) is 2.80. The predicted octanol–water partition coefficient (Wildman–Crippen LogP) is 1.68. The molecule has 112 valence electrons. The van der Waals surface area contributed by atoms with Gasteiger partial charge in [0.1, 0.15) is 0 Å². The molecule has 0 heterocycles. The van der Waals surface area contributed by atoms with E-state index in [1.807, 2.05) is 6.92 Å². The van der Waals surface area contributed by atoms with Crippen LogP contribution in [-0.4, -0.2) is 44.2 Å². The van der Waals surface area contributed by atoms with Crippen molar-refractivity contribution in [2.45, 2.75) is 31.9 Å². The fourth-order valence-electron chi connectivity index (χ4n) is 2.59. The number of aryl methyl sites for hydroxylation is 1. The zero-order valence-corrected chi connectivity index (χ0v) is 12.2. The highest BCUT2D eigenvalue weighted by Gasteiger charge is 2.21. The molecule has 0 aromatic heterocycles. The number of aliphatic hydroxyl groups excluding tert-OH is 1. The van der Waals surface area contributed by atoms with Gasteiger partial charge in [-0.3, -0.25) is 0 Å². The van der Waals surface area contributed by atoms with E-state index in [-0.39, 0.29) is 0 Å². The molecule has 1 aliphatic rings. The second-order valence-electron chi connectivity index (χ2n) is 5.12. The number of ether oxygens (including phenoxy) is 2. The van der Waals surface area contributed by atoms with Crippen LogP contribution in [-0.2, 0) is 15.9 Å². The summed E-state index contributed by atoms with van der Waals surface area (Å²) < 4.78 is 10.5. The van der Waals surface area contributed by atoms with E-state index in [0.717, 1.165) is 12.8 Å². The Morgan fingerprint density at radius 1 is 1.30 bits per heavy atom. The summed E-state index contributed by atoms with van der Waals surface area (Å²) in [5.74, 6) is 0. The Labute approximate surface area is 121 Å². The molecule has 0 amide bonds. The summed E-state index contributed by atoms with van der Waals surface area (Å²) >= 11 is 0. The van der Waals surface area contributed by atoms with Crippen LogP contribution in [0, 0.1) is 0 Å². The fraction of sp³-hybridized carbons (Fsp3) is 0.625. The standard InChI is InChI=1S/C16H25NO3/c1-2-19-9-10-20-12-14(18)11-17-16-8-7-13-5-3-4-6-15(13)16/h3-6,14,16-18H,2,7-12H2,1H3. The Kier molecular flexibility index (Phi) is 6.47. The first-order valence-corrected chi connectivity index (χ1v) is 7.46. The van der Waals surface area contributed by atoms with Crippen molar-refractivity contribution >= 4 is 0 Å². The first-order chi connectivity index (χ1) is 9.81. The van der Waals surface area contributed by atoms with Crippen LogP contribution >= 0.6 is 0 Å². The van der Waals surface area contributed by atoms with Gasteiger partial charge in [-0.25, -0.2) is 0 Å². The van der Waals surface area contributed by atoms with Crippen molar-refractivity contribution in [2.75, 3.05) is 33.0 Å². The normalized spacial score (nSPS) is 19.0. The molecule has 1 aromatic carbocycles. The van der Waals surface area contributed by atoms with E-state index in [4.69, 9.17) is 9.47 Å². The molecule has 0 saturated heterocycles. The van der Waals surface area contributed by atoms with E-state index >= 15 is 0 Å². The van der Waals surface area contributed by atoms with Crippen LogP contribution in [0.25, 0.3) is 0 Å². The average molecular weight is 279 g/mol. The molecule has 2 rings (SSSR count). The molecule has 1 aromatic rings. The molecule has 2 N–H and O–H groups in total. The van der Waals surface area contributed by atoms with Gasteiger partial charge in [0.2, 0.25) is 0 Å². The van der Waals surface area contributed by atoms with Gasteiger partial charge in [0.25, 0.3) is 0 Å². The van der Waals surface area contributed by atoms with Crippen LogP contribution in [0.4, 0.5) is 0 Å². The molecule has 4 nitrogen and oxygen atoms in total. The van der Waals surface area contributed by atoms with Crippen LogP contribution in [0.3, 0.4) is 0 Å². The third-order valence-corrected chi connectivity index (χ3v) is 3.62. The summed E-state index contributed by atoms with van der Waals surface area (Å²) in [6.45, 7) is 4.71. The van der Waals surface area contributed by atoms with Crippen molar-refractivity contribution in [2.24, 2.45) is 0 Å². The van der Waals surface area contributed by atoms with Gasteiger partial charge in [-0.15, -0.1) is 0 Å². The van der Waals surface area contributed by atoms with Crippen molar-refractivity contribution in [3.05, 3.63) is 35.4 Å². The third-order valence-electron chi connectivity index (χ3n) is 3.62. The molecule has 2 unspecified atom stereocenters. The highest BCUT2D eigenvalue weighted by molar-refractivity contribution is 5.34. The van der Waals surface area contributed by atoms with Gasteiger partial charge in [-0.2, -0.15) is 0 Å². The van der Waals surface area contributed by atoms with Crippen molar-refractivity contribution in [3.63, 3.8) is 0 Å². The fourth-order valence-corrected chi connectivity index (χ4v) is 2.59. The van der Waals surface area contributed by atoms with E-state index < -0.39 is 6.10 Å². The maximum atomic E-state index is 9.89. The first kappa shape index (κ1) is 15.4. The van der Waals surface area contributed by atoms with E-state index in [1.165, 1.54) is 11.1 Å². The molecule has 2 atom stereocenters. The van der Waals surface area contributed by atoms with E-state index in [2.05, 4.69) is 29.6 Å². The maximum Gasteiger partial charge on any atom is 0.0897 e. The Hall–Kier alpha value is -0.940. The lowest BCUT2D eigenvalue weighted by atomic mass is 10.1. The second kappa shape index (κ2) is 8.37. The Balaban J connectivity index is 1.63. The van der Waals surface area contributed by atoms with Crippen molar-refractivity contribution < 1.29 is 14.6 Å². The largest absolute Gasteiger partial charge is 0.389 e. The molecule has 20 heavy (non-hydrogen) atoms. The van der Waals surface area contributed by atoms with Gasteiger partial charge in [0.15, 0.2) is 0 Å². The molecule has 0 radical (unpaired) electrons. The molecule has 4 heteroatoms. The molecular formula is C16H25NO3. The monoisotopic (exact) mass is 279 g/mol. The number of hydrogen-bond acceptors (Lipinski definition) is 4. The molecule has 1 aliphatic carbocycles. The van der Waals surface area contributed by atoms with Crippen LogP contribution in [0.5, 0.6) is 0 Å². The number of aliphatic hydroxyl groups is 1. The number of rotatable bonds is 9. The van der Waals surface area contributed by atoms with Crippen LogP contribution < -0.4 is 5.32 Å². The van der Waals surface area contributed by atoms with E-state index in [9.17, 15) is 5.11 Å². The van der Waals surface area contributed by atoms with E-state index in [0.29, 0.717) is 39.0 Å². The summed E-state index contributed by atoms with van der Waals surface area (Å²) in [6, 6.07) is 8.88. The SMILES string of the molecule is CCOCCOCC(O)CNC1CCc2ccccc21. The van der Waals surface area contributed by atoms with Crippen molar-refractivity contribution in [3.8, 4) is 0 Å². The van der Waals surface area contributed by atoms with Crippen LogP contribution in [0.15, 0.2) is 24.3 Å². The first-order valence-electron chi connectivity index (χ1n) is 7.46. The summed E-state index contributed by atoms with van der Waals surface area (Å²) in [6.07, 6.45) is 1.76.